The summed E-state index contributed by atoms with van der Waals surface area (Å²) in [6, 6.07) is 8.32. The van der Waals surface area contributed by atoms with Crippen LogP contribution in [0.25, 0.3) is 10.9 Å². The molecule has 2 aromatic heterocycles. The first-order valence-electron chi connectivity index (χ1n) is 7.75. The average molecular weight is 390 g/mol. The predicted octanol–water partition coefficient (Wildman–Crippen LogP) is 2.08. The van der Waals surface area contributed by atoms with Crippen molar-refractivity contribution < 1.29 is 22.6 Å². The Morgan fingerprint density at radius 3 is 2.30 bits per heavy atom. The van der Waals surface area contributed by atoms with Crippen LogP contribution in [0.5, 0.6) is 23.0 Å². The molecule has 0 aliphatic carbocycles. The average Bonchev–Trinajstić information content (AvgIpc) is 2.66. The maximum atomic E-state index is 11.4. The van der Waals surface area contributed by atoms with Crippen LogP contribution in [0.4, 0.5) is 5.82 Å². The van der Waals surface area contributed by atoms with Crippen LogP contribution in [0.15, 0.2) is 42.7 Å². The predicted molar refractivity (Wildman–Crippen MR) is 101 cm³/mol. The van der Waals surface area contributed by atoms with Crippen molar-refractivity contribution in [3.05, 3.63) is 42.7 Å². The van der Waals surface area contributed by atoms with Gasteiger partial charge in [-0.05, 0) is 24.3 Å². The lowest BCUT2D eigenvalue weighted by molar-refractivity contribution is 0.355. The zero-order valence-electron chi connectivity index (χ0n) is 14.9. The molecule has 0 amide bonds. The molecule has 0 radical (unpaired) electrons. The molecule has 3 aromatic rings. The van der Waals surface area contributed by atoms with E-state index in [1.807, 2.05) is 0 Å². The van der Waals surface area contributed by atoms with Crippen LogP contribution in [0, 0.1) is 0 Å². The minimum atomic E-state index is -3.87. The molecule has 0 fully saturated rings. The van der Waals surface area contributed by atoms with Gasteiger partial charge < -0.3 is 14.2 Å². The summed E-state index contributed by atoms with van der Waals surface area (Å²) in [6.07, 6.45) is 3.02. The van der Waals surface area contributed by atoms with Gasteiger partial charge in [-0.15, -0.1) is 0 Å². The molecule has 0 spiro atoms. The summed E-state index contributed by atoms with van der Waals surface area (Å²) >= 11 is 0. The smallest absolute Gasteiger partial charge is 0.299 e. The van der Waals surface area contributed by atoms with Gasteiger partial charge >= 0.3 is 0 Å². The molecular formula is C17H18N4O5S. The van der Waals surface area contributed by atoms with Gasteiger partial charge in [0.2, 0.25) is 0 Å². The second-order valence-electron chi connectivity index (χ2n) is 5.50. The van der Waals surface area contributed by atoms with Gasteiger partial charge in [0.1, 0.15) is 17.3 Å². The lowest BCUT2D eigenvalue weighted by Gasteiger charge is -2.15. The van der Waals surface area contributed by atoms with Crippen LogP contribution < -0.4 is 23.7 Å². The van der Waals surface area contributed by atoms with Crippen molar-refractivity contribution in [3.63, 3.8) is 0 Å². The number of anilines is 1. The Balaban J connectivity index is 1.95. The first-order valence-corrected chi connectivity index (χ1v) is 9.25. The Morgan fingerprint density at radius 2 is 1.70 bits per heavy atom. The molecule has 9 nitrogen and oxygen atoms in total. The highest BCUT2D eigenvalue weighted by atomic mass is 32.2. The molecule has 2 N–H and O–H groups in total. The number of rotatable bonds is 6. The zero-order valence-corrected chi connectivity index (χ0v) is 15.7. The van der Waals surface area contributed by atoms with Gasteiger partial charge in [0.25, 0.3) is 10.2 Å². The summed E-state index contributed by atoms with van der Waals surface area (Å²) in [5.74, 6) is 2.24. The van der Waals surface area contributed by atoms with Crippen molar-refractivity contribution in [2.75, 3.05) is 25.6 Å². The number of hydrogen-bond acceptors (Lipinski definition) is 7. The third kappa shape index (κ3) is 3.86. The molecule has 0 unspecified atom stereocenters. The minimum Gasteiger partial charge on any atom is -0.493 e. The molecule has 0 atom stereocenters. The largest absolute Gasteiger partial charge is 0.493 e. The van der Waals surface area contributed by atoms with Gasteiger partial charge in [-0.3, -0.25) is 4.98 Å². The molecule has 0 bridgehead atoms. The van der Waals surface area contributed by atoms with E-state index in [2.05, 4.69) is 9.97 Å². The number of pyridine rings is 2. The van der Waals surface area contributed by atoms with Crippen molar-refractivity contribution >= 4 is 26.9 Å². The van der Waals surface area contributed by atoms with Gasteiger partial charge in [-0.1, -0.05) is 0 Å². The number of nitrogens with two attached hydrogens (primary N) is 1. The Kier molecular flexibility index (Phi) is 5.02. The summed E-state index contributed by atoms with van der Waals surface area (Å²) in [5.41, 5.74) is 0.670. The molecule has 10 heteroatoms. The van der Waals surface area contributed by atoms with E-state index in [4.69, 9.17) is 19.3 Å². The van der Waals surface area contributed by atoms with Gasteiger partial charge in [0, 0.05) is 24.7 Å². The van der Waals surface area contributed by atoms with Crippen molar-refractivity contribution in [2.24, 2.45) is 5.14 Å². The Hall–Kier alpha value is -3.11. The van der Waals surface area contributed by atoms with Gasteiger partial charge in [0.15, 0.2) is 11.5 Å². The molecule has 1 aromatic carbocycles. The quantitative estimate of drug-likeness (QED) is 0.685. The number of benzene rings is 1. The van der Waals surface area contributed by atoms with E-state index in [0.717, 1.165) is 9.69 Å². The van der Waals surface area contributed by atoms with Gasteiger partial charge in [0.05, 0.1) is 25.9 Å². The van der Waals surface area contributed by atoms with E-state index in [9.17, 15) is 8.42 Å². The summed E-state index contributed by atoms with van der Waals surface area (Å²) in [7, 11) is 0.537. The molecule has 0 saturated carbocycles. The Morgan fingerprint density at radius 1 is 1.00 bits per heavy atom. The molecule has 27 heavy (non-hydrogen) atoms. The third-order valence-electron chi connectivity index (χ3n) is 3.86. The normalized spacial score (nSPS) is 11.3. The third-order valence-corrected chi connectivity index (χ3v) is 4.81. The second-order valence-corrected chi connectivity index (χ2v) is 7.08. The van der Waals surface area contributed by atoms with E-state index < -0.39 is 10.2 Å². The lowest BCUT2D eigenvalue weighted by Crippen LogP contribution is -2.33. The fourth-order valence-corrected chi connectivity index (χ4v) is 2.78. The van der Waals surface area contributed by atoms with Crippen molar-refractivity contribution in [3.8, 4) is 23.0 Å². The van der Waals surface area contributed by atoms with Crippen LogP contribution in [0.1, 0.15) is 0 Å². The van der Waals surface area contributed by atoms with Crippen molar-refractivity contribution in [1.82, 2.24) is 9.97 Å². The first kappa shape index (κ1) is 18.7. The van der Waals surface area contributed by atoms with E-state index >= 15 is 0 Å². The summed E-state index contributed by atoms with van der Waals surface area (Å²) in [4.78, 5) is 8.38. The highest BCUT2D eigenvalue weighted by Crippen LogP contribution is 2.36. The lowest BCUT2D eigenvalue weighted by atomic mass is 10.2. The zero-order chi connectivity index (χ0) is 19.6. The van der Waals surface area contributed by atoms with Crippen LogP contribution in [0.3, 0.4) is 0 Å². The van der Waals surface area contributed by atoms with Crippen LogP contribution in [-0.2, 0) is 10.2 Å². The number of ether oxygens (including phenoxy) is 3. The number of aromatic nitrogens is 2. The Bertz CT molecular complexity index is 1070. The molecule has 2 heterocycles. The fraction of sp³-hybridized carbons (Fsp3) is 0.176. The topological polar surface area (TPSA) is 117 Å². The molecule has 0 saturated heterocycles. The van der Waals surface area contributed by atoms with Gasteiger partial charge in [-0.25, -0.2) is 14.4 Å². The first-order chi connectivity index (χ1) is 12.8. The number of hydrogen-bond donors (Lipinski definition) is 1. The number of nitrogens with zero attached hydrogens (tertiary/aromatic N) is 3. The Labute approximate surface area is 156 Å². The summed E-state index contributed by atoms with van der Waals surface area (Å²) in [5, 5.41) is 5.81. The SMILES string of the molecule is COc1cc2nccc(Oc3ccc(N(C)S(N)(=O)=O)nc3)c2cc1OC. The molecule has 0 aliphatic rings. The summed E-state index contributed by atoms with van der Waals surface area (Å²) < 4.78 is 40.1. The molecule has 0 aliphatic heterocycles. The van der Waals surface area contributed by atoms with Crippen molar-refractivity contribution in [2.45, 2.75) is 0 Å². The number of methoxy groups -OCH3 is 2. The van der Waals surface area contributed by atoms with E-state index in [0.29, 0.717) is 28.5 Å². The van der Waals surface area contributed by atoms with E-state index in [1.165, 1.54) is 19.3 Å². The fourth-order valence-electron chi connectivity index (χ4n) is 2.41. The van der Waals surface area contributed by atoms with Crippen LogP contribution >= 0.6 is 0 Å². The minimum absolute atomic E-state index is 0.177. The summed E-state index contributed by atoms with van der Waals surface area (Å²) in [6.45, 7) is 0. The van der Waals surface area contributed by atoms with Crippen LogP contribution in [0.2, 0.25) is 0 Å². The standard InChI is InChI=1S/C17H18N4O5S/c1-21(27(18,22)23)17-5-4-11(10-20-17)26-14-6-7-19-13-9-16(25-3)15(24-2)8-12(13)14/h4-10H,1-3H3,(H2,18,22,23). The highest BCUT2D eigenvalue weighted by Gasteiger charge is 2.15. The molecule has 142 valence electrons. The highest BCUT2D eigenvalue weighted by molar-refractivity contribution is 7.90. The number of fused-ring (bicyclic) bond motifs is 1. The molecular weight excluding hydrogens is 372 g/mol. The van der Waals surface area contributed by atoms with Gasteiger partial charge in [-0.2, -0.15) is 8.42 Å². The van der Waals surface area contributed by atoms with Crippen molar-refractivity contribution in [1.29, 1.82) is 0 Å². The second kappa shape index (κ2) is 7.25. The maximum absolute atomic E-state index is 11.4. The van der Waals surface area contributed by atoms with E-state index in [1.54, 1.807) is 44.7 Å². The van der Waals surface area contributed by atoms with Crippen LogP contribution in [-0.4, -0.2) is 39.7 Å². The maximum Gasteiger partial charge on any atom is 0.299 e. The monoisotopic (exact) mass is 390 g/mol. The van der Waals surface area contributed by atoms with E-state index in [-0.39, 0.29) is 5.82 Å². The molecule has 3 rings (SSSR count).